The Hall–Kier alpha value is -3.51. The van der Waals surface area contributed by atoms with Crippen molar-refractivity contribution in [2.75, 3.05) is 7.11 Å². The number of nitrogens with zero attached hydrogens (tertiary/aromatic N) is 3. The quantitative estimate of drug-likeness (QED) is 0.447. The molecule has 2 heterocycles. The Balaban J connectivity index is 1.51. The van der Waals surface area contributed by atoms with Crippen LogP contribution in [0.5, 0.6) is 5.75 Å². The van der Waals surface area contributed by atoms with Crippen molar-refractivity contribution < 1.29 is 4.74 Å². The van der Waals surface area contributed by atoms with E-state index in [4.69, 9.17) is 4.74 Å². The zero-order valence-corrected chi connectivity index (χ0v) is 17.4. The van der Waals surface area contributed by atoms with Crippen LogP contribution in [-0.4, -0.2) is 21.7 Å². The molecule has 148 valence electrons. The maximum atomic E-state index is 12.8. The number of hydrogen-bond acceptors (Lipinski definition) is 5. The molecule has 0 bridgehead atoms. The summed E-state index contributed by atoms with van der Waals surface area (Å²) in [6.07, 6.45) is 1.88. The predicted octanol–water partition coefficient (Wildman–Crippen LogP) is 4.01. The molecule has 0 saturated heterocycles. The van der Waals surface area contributed by atoms with Crippen molar-refractivity contribution in [1.29, 1.82) is 0 Å². The van der Waals surface area contributed by atoms with Gasteiger partial charge in [-0.2, -0.15) is 4.52 Å². The fourth-order valence-corrected chi connectivity index (χ4v) is 4.44. The summed E-state index contributed by atoms with van der Waals surface area (Å²) in [6, 6.07) is 22.1. The van der Waals surface area contributed by atoms with E-state index in [1.807, 2.05) is 54.6 Å². The molecule has 3 aromatic carbocycles. The second-order valence-corrected chi connectivity index (χ2v) is 8.19. The van der Waals surface area contributed by atoms with E-state index in [1.54, 1.807) is 7.11 Å². The lowest BCUT2D eigenvalue weighted by Crippen LogP contribution is -2.24. The Kier molecular flexibility index (Phi) is 4.56. The van der Waals surface area contributed by atoms with E-state index in [1.165, 1.54) is 15.9 Å². The maximum Gasteiger partial charge on any atom is 0.291 e. The molecule has 0 N–H and O–H groups in total. The average Bonchev–Trinajstić information content (AvgIpc) is 3.32. The molecule has 30 heavy (non-hydrogen) atoms. The molecule has 0 aliphatic heterocycles. The number of ether oxygens (including phenoxy) is 1. The average molecular weight is 414 g/mol. The standard InChI is InChI=1S/C24H19N3O2S/c1-15(17-8-9-19-14-20(29-2)11-10-18(19)13-17)22-25-24-27(26-22)23(28)21(30-24)12-16-6-4-3-5-7-16/h3-15H,1-2H3/b21-12-/t15-/m0/s1. The maximum absolute atomic E-state index is 12.8. The minimum atomic E-state index is -0.129. The fraction of sp³-hybridized carbons (Fsp3) is 0.125. The third-order valence-electron chi connectivity index (χ3n) is 5.25. The van der Waals surface area contributed by atoms with E-state index >= 15 is 0 Å². The number of methoxy groups -OCH3 is 1. The lowest BCUT2D eigenvalue weighted by Gasteiger charge is -2.10. The van der Waals surface area contributed by atoms with Crippen LogP contribution in [0, 0.1) is 0 Å². The zero-order chi connectivity index (χ0) is 20.7. The first kappa shape index (κ1) is 18.5. The highest BCUT2D eigenvalue weighted by atomic mass is 32.1. The van der Waals surface area contributed by atoms with Crippen molar-refractivity contribution in [2.24, 2.45) is 0 Å². The molecule has 0 unspecified atom stereocenters. The van der Waals surface area contributed by atoms with Gasteiger partial charge in [-0.25, -0.2) is 4.98 Å². The van der Waals surface area contributed by atoms with Crippen LogP contribution in [-0.2, 0) is 0 Å². The number of thiazole rings is 1. The van der Waals surface area contributed by atoms with Crippen molar-refractivity contribution in [3.05, 3.63) is 98.6 Å². The van der Waals surface area contributed by atoms with Gasteiger partial charge >= 0.3 is 0 Å². The molecule has 5 rings (SSSR count). The van der Waals surface area contributed by atoms with Crippen LogP contribution in [0.4, 0.5) is 0 Å². The summed E-state index contributed by atoms with van der Waals surface area (Å²) in [5.41, 5.74) is 1.96. The molecule has 0 aliphatic rings. The van der Waals surface area contributed by atoms with Gasteiger partial charge in [0.25, 0.3) is 5.56 Å². The van der Waals surface area contributed by atoms with Crippen molar-refractivity contribution in [2.45, 2.75) is 12.8 Å². The Bertz CT molecular complexity index is 1470. The second kappa shape index (κ2) is 7.39. The third kappa shape index (κ3) is 3.25. The molecular weight excluding hydrogens is 394 g/mol. The van der Waals surface area contributed by atoms with Crippen LogP contribution in [0.1, 0.15) is 29.8 Å². The van der Waals surface area contributed by atoms with Crippen molar-refractivity contribution >= 4 is 33.1 Å². The van der Waals surface area contributed by atoms with Crippen LogP contribution in [0.25, 0.3) is 21.8 Å². The summed E-state index contributed by atoms with van der Waals surface area (Å²) in [4.78, 5) is 18.0. The predicted molar refractivity (Wildman–Crippen MR) is 120 cm³/mol. The molecule has 1 atom stereocenters. The lowest BCUT2D eigenvalue weighted by atomic mass is 9.97. The van der Waals surface area contributed by atoms with Crippen molar-refractivity contribution in [3.8, 4) is 5.75 Å². The number of aromatic nitrogens is 3. The van der Waals surface area contributed by atoms with Crippen LogP contribution in [0.15, 0.2) is 71.5 Å². The van der Waals surface area contributed by atoms with Gasteiger partial charge in [0.2, 0.25) is 4.96 Å². The van der Waals surface area contributed by atoms with E-state index in [0.29, 0.717) is 15.3 Å². The van der Waals surface area contributed by atoms with E-state index in [-0.39, 0.29) is 11.5 Å². The van der Waals surface area contributed by atoms with Crippen LogP contribution < -0.4 is 14.8 Å². The van der Waals surface area contributed by atoms with E-state index < -0.39 is 0 Å². The number of benzene rings is 3. The number of fused-ring (bicyclic) bond motifs is 2. The number of hydrogen-bond donors (Lipinski definition) is 0. The Morgan fingerprint density at radius 2 is 1.80 bits per heavy atom. The van der Waals surface area contributed by atoms with Gasteiger partial charge < -0.3 is 4.74 Å². The van der Waals surface area contributed by atoms with Gasteiger partial charge in [-0.05, 0) is 40.1 Å². The fourth-order valence-electron chi connectivity index (χ4n) is 3.52. The third-order valence-corrected chi connectivity index (χ3v) is 6.21. The van der Waals surface area contributed by atoms with Crippen molar-refractivity contribution in [1.82, 2.24) is 14.6 Å². The molecule has 0 saturated carbocycles. The molecule has 5 nitrogen and oxygen atoms in total. The Labute approximate surface area is 176 Å². The molecule has 0 aliphatic carbocycles. The monoisotopic (exact) mass is 413 g/mol. The summed E-state index contributed by atoms with van der Waals surface area (Å²) in [7, 11) is 1.67. The molecule has 0 radical (unpaired) electrons. The van der Waals surface area contributed by atoms with Gasteiger partial charge in [0.05, 0.1) is 11.6 Å². The molecule has 5 aromatic rings. The minimum Gasteiger partial charge on any atom is -0.497 e. The zero-order valence-electron chi connectivity index (χ0n) is 16.6. The summed E-state index contributed by atoms with van der Waals surface area (Å²) in [5.74, 6) is 1.47. The Morgan fingerprint density at radius 1 is 1.03 bits per heavy atom. The van der Waals surface area contributed by atoms with Crippen LogP contribution in [0.3, 0.4) is 0 Å². The summed E-state index contributed by atoms with van der Waals surface area (Å²) < 4.78 is 7.35. The second-order valence-electron chi connectivity index (χ2n) is 7.19. The summed E-state index contributed by atoms with van der Waals surface area (Å²) in [5, 5.41) is 6.77. The normalized spacial score (nSPS) is 13.2. The highest BCUT2D eigenvalue weighted by molar-refractivity contribution is 7.15. The van der Waals surface area contributed by atoms with Gasteiger partial charge in [-0.3, -0.25) is 4.79 Å². The molecule has 0 fully saturated rings. The Morgan fingerprint density at radius 3 is 2.57 bits per heavy atom. The number of rotatable bonds is 4. The lowest BCUT2D eigenvalue weighted by molar-refractivity contribution is 0.415. The summed E-state index contributed by atoms with van der Waals surface area (Å²) in [6.45, 7) is 2.06. The molecular formula is C24H19N3O2S. The highest BCUT2D eigenvalue weighted by Crippen LogP contribution is 2.27. The van der Waals surface area contributed by atoms with Crippen LogP contribution in [0.2, 0.25) is 0 Å². The van der Waals surface area contributed by atoms with Gasteiger partial charge in [-0.15, -0.1) is 5.10 Å². The van der Waals surface area contributed by atoms with Gasteiger partial charge in [0, 0.05) is 5.92 Å². The smallest absolute Gasteiger partial charge is 0.291 e. The molecule has 2 aromatic heterocycles. The highest BCUT2D eigenvalue weighted by Gasteiger charge is 2.17. The minimum absolute atomic E-state index is 0.0236. The van der Waals surface area contributed by atoms with Gasteiger partial charge in [0.1, 0.15) is 5.75 Å². The first-order valence-electron chi connectivity index (χ1n) is 9.66. The van der Waals surface area contributed by atoms with E-state index in [9.17, 15) is 4.79 Å². The molecule has 0 spiro atoms. The molecule has 6 heteroatoms. The SMILES string of the molecule is COc1ccc2cc([C@H](C)c3nc4s/c(=C\c5ccccc5)c(=O)n4n3)ccc2c1. The van der Waals surface area contributed by atoms with Crippen molar-refractivity contribution in [3.63, 3.8) is 0 Å². The molecule has 0 amide bonds. The van der Waals surface area contributed by atoms with Crippen LogP contribution >= 0.6 is 11.3 Å². The first-order chi connectivity index (χ1) is 14.6. The van der Waals surface area contributed by atoms with Gasteiger partial charge in [-0.1, -0.05) is 72.9 Å². The summed E-state index contributed by atoms with van der Waals surface area (Å²) >= 11 is 1.37. The first-order valence-corrected chi connectivity index (χ1v) is 10.5. The van der Waals surface area contributed by atoms with E-state index in [0.717, 1.165) is 27.6 Å². The topological polar surface area (TPSA) is 56.5 Å². The van der Waals surface area contributed by atoms with E-state index in [2.05, 4.69) is 35.2 Å². The largest absolute Gasteiger partial charge is 0.497 e. The van der Waals surface area contributed by atoms with Gasteiger partial charge in [0.15, 0.2) is 5.82 Å².